The van der Waals surface area contributed by atoms with Crippen molar-refractivity contribution in [2.75, 3.05) is 26.2 Å². The van der Waals surface area contributed by atoms with E-state index in [4.69, 9.17) is 5.11 Å². The first-order chi connectivity index (χ1) is 13.1. The van der Waals surface area contributed by atoms with Crippen LogP contribution in [0.5, 0.6) is 0 Å². The lowest BCUT2D eigenvalue weighted by molar-refractivity contribution is -0.139. The van der Waals surface area contributed by atoms with Crippen LogP contribution < -0.4 is 5.32 Å². The lowest BCUT2D eigenvalue weighted by Crippen LogP contribution is -2.50. The summed E-state index contributed by atoms with van der Waals surface area (Å²) in [6, 6.07) is 8.56. The lowest BCUT2D eigenvalue weighted by Gasteiger charge is -2.37. The van der Waals surface area contributed by atoms with Crippen molar-refractivity contribution in [1.29, 1.82) is 0 Å². The second kappa shape index (κ2) is 9.41. The molecular weight excluding hydrogens is 354 g/mol. The van der Waals surface area contributed by atoms with E-state index in [1.54, 1.807) is 0 Å². The zero-order valence-corrected chi connectivity index (χ0v) is 17.9. The van der Waals surface area contributed by atoms with E-state index in [1.807, 2.05) is 23.6 Å². The van der Waals surface area contributed by atoms with Gasteiger partial charge < -0.3 is 15.3 Å². The Bertz CT molecular complexity index is 659. The van der Waals surface area contributed by atoms with Crippen LogP contribution in [0.25, 0.3) is 0 Å². The number of amides is 2. The average Bonchev–Trinajstić information content (AvgIpc) is 2.65. The number of aliphatic carboxylic acids is 1. The smallest absolute Gasteiger partial charge is 0.317 e. The molecule has 2 N–H and O–H groups in total. The molecule has 156 valence electrons. The van der Waals surface area contributed by atoms with Crippen LogP contribution in [-0.2, 0) is 10.2 Å². The van der Waals surface area contributed by atoms with Crippen LogP contribution in [0.15, 0.2) is 24.3 Å². The number of carbonyl (C=O) groups excluding carboxylic acids is 1. The standard InChI is InChI=1S/C22H35N3O3/c1-6-24(15-20(26)27)19-11-13-25(14-12-19)21(28)23-16(2)17-7-9-18(10-8-17)22(3,4)5/h7-10,16,19H,6,11-15H2,1-5H3,(H,23,28)(H,26,27). The number of benzene rings is 1. The van der Waals surface area contributed by atoms with E-state index in [-0.39, 0.29) is 30.1 Å². The molecular formula is C22H35N3O3. The van der Waals surface area contributed by atoms with Crippen molar-refractivity contribution in [2.24, 2.45) is 0 Å². The number of carbonyl (C=O) groups is 2. The molecule has 0 spiro atoms. The summed E-state index contributed by atoms with van der Waals surface area (Å²) in [4.78, 5) is 27.5. The summed E-state index contributed by atoms with van der Waals surface area (Å²) in [6.45, 7) is 12.6. The molecule has 1 heterocycles. The zero-order chi connectivity index (χ0) is 20.9. The van der Waals surface area contributed by atoms with Gasteiger partial charge in [0.1, 0.15) is 0 Å². The van der Waals surface area contributed by atoms with Gasteiger partial charge in [0.2, 0.25) is 0 Å². The van der Waals surface area contributed by atoms with Crippen molar-refractivity contribution in [3.05, 3.63) is 35.4 Å². The molecule has 0 bridgehead atoms. The highest BCUT2D eigenvalue weighted by Crippen LogP contribution is 2.24. The largest absolute Gasteiger partial charge is 0.480 e. The highest BCUT2D eigenvalue weighted by atomic mass is 16.4. The van der Waals surface area contributed by atoms with Crippen LogP contribution in [0.3, 0.4) is 0 Å². The molecule has 0 aliphatic carbocycles. The molecule has 1 atom stereocenters. The number of likely N-dealkylation sites (N-methyl/N-ethyl adjacent to an activating group) is 1. The minimum Gasteiger partial charge on any atom is -0.480 e. The molecule has 0 radical (unpaired) electrons. The maximum Gasteiger partial charge on any atom is 0.317 e. The van der Waals surface area contributed by atoms with Crippen molar-refractivity contribution in [3.8, 4) is 0 Å². The predicted octanol–water partition coefficient (Wildman–Crippen LogP) is 3.63. The van der Waals surface area contributed by atoms with Crippen LogP contribution in [0.4, 0.5) is 4.79 Å². The Morgan fingerprint density at radius 3 is 2.25 bits per heavy atom. The van der Waals surface area contributed by atoms with Crippen molar-refractivity contribution in [2.45, 2.75) is 65.0 Å². The molecule has 1 saturated heterocycles. The van der Waals surface area contributed by atoms with Gasteiger partial charge in [-0.25, -0.2) is 4.79 Å². The van der Waals surface area contributed by atoms with E-state index in [1.165, 1.54) is 5.56 Å². The molecule has 1 aromatic rings. The maximum absolute atomic E-state index is 12.6. The van der Waals surface area contributed by atoms with Crippen molar-refractivity contribution in [1.82, 2.24) is 15.1 Å². The normalized spacial score (nSPS) is 16.9. The van der Waals surface area contributed by atoms with Crippen molar-refractivity contribution < 1.29 is 14.7 Å². The Morgan fingerprint density at radius 2 is 1.79 bits per heavy atom. The number of rotatable bonds is 6. The van der Waals surface area contributed by atoms with Crippen molar-refractivity contribution >= 4 is 12.0 Å². The van der Waals surface area contributed by atoms with Gasteiger partial charge in [-0.15, -0.1) is 0 Å². The third-order valence-electron chi connectivity index (χ3n) is 5.63. The predicted molar refractivity (Wildman–Crippen MR) is 112 cm³/mol. The van der Waals surface area contributed by atoms with E-state index in [0.717, 1.165) is 18.4 Å². The fourth-order valence-electron chi connectivity index (χ4n) is 3.74. The summed E-state index contributed by atoms with van der Waals surface area (Å²) in [5.41, 5.74) is 2.48. The fraction of sp³-hybridized carbons (Fsp3) is 0.636. The number of nitrogens with zero attached hydrogens (tertiary/aromatic N) is 2. The molecule has 0 saturated carbocycles. The van der Waals surface area contributed by atoms with E-state index in [0.29, 0.717) is 19.6 Å². The summed E-state index contributed by atoms with van der Waals surface area (Å²) < 4.78 is 0. The average molecular weight is 390 g/mol. The second-order valence-electron chi connectivity index (χ2n) is 8.72. The number of hydrogen-bond donors (Lipinski definition) is 2. The molecule has 2 amide bonds. The van der Waals surface area contributed by atoms with Crippen LogP contribution in [-0.4, -0.2) is 59.1 Å². The number of hydrogen-bond acceptors (Lipinski definition) is 3. The quantitative estimate of drug-likeness (QED) is 0.779. The van der Waals surface area contributed by atoms with E-state index in [2.05, 4.69) is 50.4 Å². The third-order valence-corrected chi connectivity index (χ3v) is 5.63. The molecule has 6 nitrogen and oxygen atoms in total. The first-order valence-electron chi connectivity index (χ1n) is 10.2. The van der Waals surface area contributed by atoms with E-state index < -0.39 is 5.97 Å². The minimum absolute atomic E-state index is 0.0490. The van der Waals surface area contributed by atoms with E-state index >= 15 is 0 Å². The molecule has 6 heteroatoms. The van der Waals surface area contributed by atoms with Crippen LogP contribution in [0.2, 0.25) is 0 Å². The lowest BCUT2D eigenvalue weighted by atomic mass is 9.86. The second-order valence-corrected chi connectivity index (χ2v) is 8.72. The van der Waals surface area contributed by atoms with Gasteiger partial charge >= 0.3 is 12.0 Å². The van der Waals surface area contributed by atoms with Crippen LogP contribution in [0, 0.1) is 0 Å². The Labute approximate surface area is 168 Å². The van der Waals surface area contributed by atoms with Gasteiger partial charge in [0.15, 0.2) is 0 Å². The number of urea groups is 1. The fourth-order valence-corrected chi connectivity index (χ4v) is 3.74. The molecule has 2 rings (SSSR count). The first-order valence-corrected chi connectivity index (χ1v) is 10.2. The van der Waals surface area contributed by atoms with Gasteiger partial charge in [0.05, 0.1) is 12.6 Å². The summed E-state index contributed by atoms with van der Waals surface area (Å²) in [7, 11) is 0. The molecule has 1 aromatic carbocycles. The summed E-state index contributed by atoms with van der Waals surface area (Å²) in [6.07, 6.45) is 1.62. The van der Waals surface area contributed by atoms with Crippen LogP contribution >= 0.6 is 0 Å². The Balaban J connectivity index is 1.87. The van der Waals surface area contributed by atoms with Gasteiger partial charge in [0.25, 0.3) is 0 Å². The van der Waals surface area contributed by atoms with E-state index in [9.17, 15) is 9.59 Å². The van der Waals surface area contributed by atoms with Gasteiger partial charge in [-0.3, -0.25) is 9.69 Å². The molecule has 1 unspecified atom stereocenters. The maximum atomic E-state index is 12.6. The molecule has 0 aromatic heterocycles. The monoisotopic (exact) mass is 389 g/mol. The number of piperidine rings is 1. The number of nitrogens with one attached hydrogen (secondary N) is 1. The molecule has 1 fully saturated rings. The van der Waals surface area contributed by atoms with Gasteiger partial charge in [-0.2, -0.15) is 0 Å². The SMILES string of the molecule is CCN(CC(=O)O)C1CCN(C(=O)NC(C)c2ccc(C(C)(C)C)cc2)CC1. The minimum atomic E-state index is -0.798. The van der Waals surface area contributed by atoms with Gasteiger partial charge in [-0.05, 0) is 42.9 Å². The topological polar surface area (TPSA) is 72.9 Å². The summed E-state index contributed by atoms with van der Waals surface area (Å²) >= 11 is 0. The Morgan fingerprint density at radius 1 is 1.21 bits per heavy atom. The highest BCUT2D eigenvalue weighted by molar-refractivity contribution is 5.74. The Hall–Kier alpha value is -2.08. The first kappa shape index (κ1) is 22.2. The zero-order valence-electron chi connectivity index (χ0n) is 17.9. The summed E-state index contributed by atoms with van der Waals surface area (Å²) in [5, 5.41) is 12.1. The summed E-state index contributed by atoms with van der Waals surface area (Å²) in [5.74, 6) is -0.798. The van der Waals surface area contributed by atoms with Gasteiger partial charge in [-0.1, -0.05) is 52.0 Å². The highest BCUT2D eigenvalue weighted by Gasteiger charge is 2.27. The third kappa shape index (κ3) is 5.96. The Kier molecular flexibility index (Phi) is 7.47. The number of carboxylic acids is 1. The molecule has 28 heavy (non-hydrogen) atoms. The van der Waals surface area contributed by atoms with Gasteiger partial charge in [0, 0.05) is 19.1 Å². The number of carboxylic acid groups (broad SMARTS) is 1. The van der Waals surface area contributed by atoms with Crippen molar-refractivity contribution in [3.63, 3.8) is 0 Å². The number of likely N-dealkylation sites (tertiary alicyclic amines) is 1. The molecule has 1 aliphatic rings. The molecule has 1 aliphatic heterocycles. The van der Waals surface area contributed by atoms with Crippen LogP contribution in [0.1, 0.15) is 64.6 Å².